The number of nitrogens with zero attached hydrogens (tertiary/aromatic N) is 2. The third kappa shape index (κ3) is 2.45. The molecule has 0 bridgehead atoms. The zero-order valence-electron chi connectivity index (χ0n) is 12.8. The number of amides is 1. The first kappa shape index (κ1) is 14.6. The third-order valence-corrected chi connectivity index (χ3v) is 4.19. The van der Waals surface area contributed by atoms with Crippen molar-refractivity contribution in [3.8, 4) is 11.5 Å². The summed E-state index contributed by atoms with van der Waals surface area (Å²) >= 11 is 0. The molecule has 0 fully saturated rings. The molecule has 2 aromatic rings. The second-order valence-corrected chi connectivity index (χ2v) is 5.75. The Hall–Kier alpha value is -3.03. The number of hydrogen-bond donors (Lipinski definition) is 2. The minimum absolute atomic E-state index is 0.0548. The van der Waals surface area contributed by atoms with E-state index in [2.05, 4.69) is 9.97 Å². The lowest BCUT2D eigenvalue weighted by Gasteiger charge is -2.32. The lowest BCUT2D eigenvalue weighted by molar-refractivity contribution is -0.142. The summed E-state index contributed by atoms with van der Waals surface area (Å²) in [5, 5.41) is 0. The second-order valence-electron chi connectivity index (χ2n) is 5.75. The number of nitrogens with two attached hydrogens (primary N) is 1. The summed E-state index contributed by atoms with van der Waals surface area (Å²) in [4.78, 5) is 32.8. The molecule has 1 aromatic heterocycles. The molecule has 2 aliphatic rings. The van der Waals surface area contributed by atoms with Gasteiger partial charge in [0.2, 0.25) is 12.1 Å². The number of carbonyl (C=O) groups is 1. The summed E-state index contributed by atoms with van der Waals surface area (Å²) in [7, 11) is 0. The van der Waals surface area contributed by atoms with Gasteiger partial charge in [-0.1, -0.05) is 12.1 Å². The highest BCUT2D eigenvalue weighted by Crippen LogP contribution is 2.31. The Morgan fingerprint density at radius 1 is 1.33 bits per heavy atom. The largest absolute Gasteiger partial charge is 0.485 e. The number of anilines is 1. The summed E-state index contributed by atoms with van der Waals surface area (Å²) < 4.78 is 11.3. The Morgan fingerprint density at radius 2 is 2.12 bits per heavy atom. The fourth-order valence-corrected chi connectivity index (χ4v) is 2.99. The standard InChI is InChI=1S/C16H16N4O4/c17-16-18-10-7-20(6-5-9(10)14(21)19-16)15(22)13-8-23-11-3-1-2-4-12(11)24-13/h1-4,13H,5-8H2,(H3,17,18,19,21)/t13-/m0/s1. The number of hydrogen-bond acceptors (Lipinski definition) is 6. The number of para-hydroxylation sites is 2. The molecule has 0 aliphatic carbocycles. The minimum Gasteiger partial charge on any atom is -0.485 e. The van der Waals surface area contributed by atoms with Gasteiger partial charge in [-0.25, -0.2) is 4.98 Å². The Balaban J connectivity index is 1.53. The Bertz CT molecular complexity index is 863. The fourth-order valence-electron chi connectivity index (χ4n) is 2.99. The highest BCUT2D eigenvalue weighted by Gasteiger charge is 2.33. The number of nitrogen functional groups attached to an aromatic ring is 1. The lowest BCUT2D eigenvalue weighted by Crippen LogP contribution is -2.48. The van der Waals surface area contributed by atoms with Gasteiger partial charge < -0.3 is 20.1 Å². The van der Waals surface area contributed by atoms with Crippen LogP contribution in [0.25, 0.3) is 0 Å². The van der Waals surface area contributed by atoms with Crippen LogP contribution in [0.15, 0.2) is 29.1 Å². The maximum absolute atomic E-state index is 12.7. The predicted octanol–water partition coefficient (Wildman–Crippen LogP) is 0.0768. The van der Waals surface area contributed by atoms with Gasteiger partial charge in [-0.05, 0) is 18.6 Å². The zero-order valence-corrected chi connectivity index (χ0v) is 12.8. The molecule has 1 amide bonds. The molecular weight excluding hydrogens is 312 g/mol. The summed E-state index contributed by atoms with van der Waals surface area (Å²) in [5.74, 6) is 1.06. The number of carbonyl (C=O) groups excluding carboxylic acids is 1. The van der Waals surface area contributed by atoms with Crippen LogP contribution in [0.3, 0.4) is 0 Å². The molecule has 3 heterocycles. The number of fused-ring (bicyclic) bond motifs is 2. The highest BCUT2D eigenvalue weighted by molar-refractivity contribution is 5.82. The average Bonchev–Trinajstić information content (AvgIpc) is 2.60. The van der Waals surface area contributed by atoms with E-state index in [1.165, 1.54) is 0 Å². The van der Waals surface area contributed by atoms with Crippen LogP contribution in [0.5, 0.6) is 11.5 Å². The van der Waals surface area contributed by atoms with E-state index < -0.39 is 6.10 Å². The van der Waals surface area contributed by atoms with Crippen molar-refractivity contribution in [3.05, 3.63) is 45.9 Å². The van der Waals surface area contributed by atoms with Gasteiger partial charge >= 0.3 is 0 Å². The normalized spacial score (nSPS) is 18.8. The maximum atomic E-state index is 12.7. The van der Waals surface area contributed by atoms with Crippen LogP contribution in [0.2, 0.25) is 0 Å². The van der Waals surface area contributed by atoms with Gasteiger partial charge in [0, 0.05) is 12.1 Å². The first-order valence-corrected chi connectivity index (χ1v) is 7.66. The molecule has 4 rings (SSSR count). The number of benzene rings is 1. The molecule has 1 aromatic carbocycles. The second kappa shape index (κ2) is 5.55. The van der Waals surface area contributed by atoms with Crippen molar-refractivity contribution in [2.24, 2.45) is 0 Å². The molecular formula is C16H16N4O4. The van der Waals surface area contributed by atoms with Gasteiger partial charge in [-0.15, -0.1) is 0 Å². The first-order chi connectivity index (χ1) is 11.6. The van der Waals surface area contributed by atoms with Crippen molar-refractivity contribution in [1.29, 1.82) is 0 Å². The van der Waals surface area contributed by atoms with E-state index >= 15 is 0 Å². The molecule has 0 radical (unpaired) electrons. The molecule has 0 spiro atoms. The molecule has 1 atom stereocenters. The molecule has 3 N–H and O–H groups in total. The SMILES string of the molecule is Nc1nc2c(c(=O)[nH]1)CCN(C(=O)[C@@H]1COc3ccccc3O1)C2. The number of H-pyrrole nitrogens is 1. The first-order valence-electron chi connectivity index (χ1n) is 7.66. The van der Waals surface area contributed by atoms with E-state index in [1.54, 1.807) is 17.0 Å². The smallest absolute Gasteiger partial charge is 0.267 e. The number of rotatable bonds is 1. The van der Waals surface area contributed by atoms with Gasteiger partial charge in [0.15, 0.2) is 11.5 Å². The van der Waals surface area contributed by atoms with Crippen molar-refractivity contribution in [1.82, 2.24) is 14.9 Å². The molecule has 0 saturated carbocycles. The van der Waals surface area contributed by atoms with Crippen molar-refractivity contribution in [2.45, 2.75) is 19.1 Å². The van der Waals surface area contributed by atoms with E-state index in [4.69, 9.17) is 15.2 Å². The monoisotopic (exact) mass is 328 g/mol. The average molecular weight is 328 g/mol. The Kier molecular flexibility index (Phi) is 3.37. The molecule has 8 nitrogen and oxygen atoms in total. The van der Waals surface area contributed by atoms with E-state index in [0.29, 0.717) is 35.7 Å². The van der Waals surface area contributed by atoms with E-state index in [9.17, 15) is 9.59 Å². The molecule has 8 heteroatoms. The van der Waals surface area contributed by atoms with Crippen LogP contribution >= 0.6 is 0 Å². The lowest BCUT2D eigenvalue weighted by atomic mass is 10.1. The topological polar surface area (TPSA) is 111 Å². The number of aromatic nitrogens is 2. The summed E-state index contributed by atoms with van der Waals surface area (Å²) in [6.07, 6.45) is -0.269. The van der Waals surface area contributed by atoms with Crippen molar-refractivity contribution in [3.63, 3.8) is 0 Å². The van der Waals surface area contributed by atoms with Crippen LogP contribution in [-0.2, 0) is 17.8 Å². The Morgan fingerprint density at radius 3 is 2.96 bits per heavy atom. The van der Waals surface area contributed by atoms with Gasteiger partial charge in [-0.3, -0.25) is 14.6 Å². The molecule has 0 saturated heterocycles. The van der Waals surface area contributed by atoms with Gasteiger partial charge in [0.1, 0.15) is 6.61 Å². The fraction of sp³-hybridized carbons (Fsp3) is 0.312. The summed E-state index contributed by atoms with van der Waals surface area (Å²) in [6.45, 7) is 0.829. The van der Waals surface area contributed by atoms with Crippen LogP contribution in [-0.4, -0.2) is 40.0 Å². The predicted molar refractivity (Wildman–Crippen MR) is 84.7 cm³/mol. The third-order valence-electron chi connectivity index (χ3n) is 4.19. The number of aromatic amines is 1. The van der Waals surface area contributed by atoms with Crippen molar-refractivity contribution >= 4 is 11.9 Å². The number of ether oxygens (including phenoxy) is 2. The van der Waals surface area contributed by atoms with E-state index in [1.807, 2.05) is 12.1 Å². The quantitative estimate of drug-likeness (QED) is 0.767. The summed E-state index contributed by atoms with van der Waals surface area (Å²) in [5.41, 5.74) is 6.46. The summed E-state index contributed by atoms with van der Waals surface area (Å²) in [6, 6.07) is 7.24. The highest BCUT2D eigenvalue weighted by atomic mass is 16.6. The molecule has 24 heavy (non-hydrogen) atoms. The molecule has 2 aliphatic heterocycles. The van der Waals surface area contributed by atoms with Gasteiger partial charge in [0.25, 0.3) is 11.5 Å². The van der Waals surface area contributed by atoms with Crippen LogP contribution < -0.4 is 20.8 Å². The maximum Gasteiger partial charge on any atom is 0.267 e. The van der Waals surface area contributed by atoms with E-state index in [-0.39, 0.29) is 30.6 Å². The number of nitrogens with one attached hydrogen (secondary N) is 1. The Labute approximate surface area is 137 Å². The molecule has 124 valence electrons. The van der Waals surface area contributed by atoms with Crippen LogP contribution in [0.1, 0.15) is 11.3 Å². The molecule has 0 unspecified atom stereocenters. The van der Waals surface area contributed by atoms with Crippen LogP contribution in [0, 0.1) is 0 Å². The van der Waals surface area contributed by atoms with Gasteiger partial charge in [0.05, 0.1) is 12.2 Å². The van der Waals surface area contributed by atoms with Crippen LogP contribution in [0.4, 0.5) is 5.95 Å². The van der Waals surface area contributed by atoms with Crippen molar-refractivity contribution < 1.29 is 14.3 Å². The van der Waals surface area contributed by atoms with Crippen molar-refractivity contribution in [2.75, 3.05) is 18.9 Å². The van der Waals surface area contributed by atoms with Gasteiger partial charge in [-0.2, -0.15) is 0 Å². The minimum atomic E-state index is -0.708. The van der Waals surface area contributed by atoms with E-state index in [0.717, 1.165) is 0 Å². The zero-order chi connectivity index (χ0) is 16.7.